The maximum atomic E-state index is 11.2. The molecule has 2 aliphatic rings. The van der Waals surface area contributed by atoms with Crippen LogP contribution in [0.3, 0.4) is 0 Å². The Kier molecular flexibility index (Phi) is 1.50. The third-order valence-electron chi connectivity index (χ3n) is 1.92. The summed E-state index contributed by atoms with van der Waals surface area (Å²) in [5, 5.41) is 8.98. The standard InChI is InChI=1S/C9H8O3/c10-8-3-1-2-6-4-9(11)12-5-7(6)8/h2,4-5,11H,1,3H2. The highest BCUT2D eigenvalue weighted by Gasteiger charge is 2.21. The first kappa shape index (κ1) is 7.16. The predicted molar refractivity (Wildman–Crippen MR) is 42.2 cm³/mol. The van der Waals surface area contributed by atoms with Crippen LogP contribution >= 0.6 is 0 Å². The number of allylic oxidation sites excluding steroid dienone is 4. The molecule has 0 aromatic rings. The molecule has 0 saturated heterocycles. The third kappa shape index (κ3) is 1.03. The van der Waals surface area contributed by atoms with Gasteiger partial charge in [-0.05, 0) is 12.0 Å². The van der Waals surface area contributed by atoms with Crippen molar-refractivity contribution in [1.82, 2.24) is 0 Å². The van der Waals surface area contributed by atoms with E-state index in [1.807, 2.05) is 6.08 Å². The smallest absolute Gasteiger partial charge is 0.282 e. The zero-order valence-electron chi connectivity index (χ0n) is 6.41. The number of aliphatic hydroxyl groups excluding tert-OH is 1. The summed E-state index contributed by atoms with van der Waals surface area (Å²) < 4.78 is 4.71. The van der Waals surface area contributed by atoms with Crippen molar-refractivity contribution in [2.45, 2.75) is 12.8 Å². The number of Topliss-reactive ketones (excluding diaryl/α,β-unsaturated/α-hetero) is 1. The predicted octanol–water partition coefficient (Wildman–Crippen LogP) is 1.59. The van der Waals surface area contributed by atoms with Crippen LogP contribution in [0.1, 0.15) is 12.8 Å². The number of carbonyl (C=O) groups is 1. The Hall–Kier alpha value is -1.51. The summed E-state index contributed by atoms with van der Waals surface area (Å²) in [7, 11) is 0. The van der Waals surface area contributed by atoms with Gasteiger partial charge in [-0.25, -0.2) is 0 Å². The molecule has 62 valence electrons. The van der Waals surface area contributed by atoms with Gasteiger partial charge in [-0.2, -0.15) is 0 Å². The maximum absolute atomic E-state index is 11.2. The fraction of sp³-hybridized carbons (Fsp3) is 0.222. The van der Waals surface area contributed by atoms with Crippen LogP contribution < -0.4 is 0 Å². The quantitative estimate of drug-likeness (QED) is 0.591. The maximum Gasteiger partial charge on any atom is 0.282 e. The molecule has 2 rings (SSSR count). The summed E-state index contributed by atoms with van der Waals surface area (Å²) in [5.41, 5.74) is 1.34. The molecule has 0 aromatic carbocycles. The lowest BCUT2D eigenvalue weighted by molar-refractivity contribution is -0.115. The van der Waals surface area contributed by atoms with Crippen LogP contribution in [0.4, 0.5) is 0 Å². The third-order valence-corrected chi connectivity index (χ3v) is 1.92. The molecule has 0 atom stereocenters. The Bertz CT molecular complexity index is 321. The number of ketones is 1. The second-order valence-electron chi connectivity index (χ2n) is 2.75. The van der Waals surface area contributed by atoms with Gasteiger partial charge in [-0.1, -0.05) is 6.08 Å². The van der Waals surface area contributed by atoms with Crippen molar-refractivity contribution in [3.63, 3.8) is 0 Å². The Morgan fingerprint density at radius 1 is 1.50 bits per heavy atom. The van der Waals surface area contributed by atoms with Crippen LogP contribution in [0.15, 0.2) is 35.5 Å². The Labute approximate surface area is 69.6 Å². The van der Waals surface area contributed by atoms with Gasteiger partial charge < -0.3 is 9.84 Å². The first-order valence-electron chi connectivity index (χ1n) is 3.78. The van der Waals surface area contributed by atoms with Gasteiger partial charge in [0.05, 0.1) is 5.57 Å². The van der Waals surface area contributed by atoms with Crippen LogP contribution in [-0.4, -0.2) is 10.9 Å². The molecule has 0 saturated carbocycles. The van der Waals surface area contributed by atoms with Crippen molar-refractivity contribution in [3.05, 3.63) is 35.5 Å². The molecule has 12 heavy (non-hydrogen) atoms. The molecular formula is C9H8O3. The number of hydrogen-bond donors (Lipinski definition) is 1. The van der Waals surface area contributed by atoms with Gasteiger partial charge in [-0.15, -0.1) is 0 Å². The summed E-state index contributed by atoms with van der Waals surface area (Å²) in [6.07, 6.45) is 5.98. The topological polar surface area (TPSA) is 46.5 Å². The van der Waals surface area contributed by atoms with Gasteiger partial charge in [0.15, 0.2) is 5.78 Å². The highest BCUT2D eigenvalue weighted by atomic mass is 16.6. The summed E-state index contributed by atoms with van der Waals surface area (Å²) >= 11 is 0. The van der Waals surface area contributed by atoms with Crippen LogP contribution in [0.2, 0.25) is 0 Å². The van der Waals surface area contributed by atoms with Crippen LogP contribution in [0, 0.1) is 0 Å². The minimum Gasteiger partial charge on any atom is -0.481 e. The number of ether oxygens (including phenoxy) is 1. The molecule has 0 amide bonds. The van der Waals surface area contributed by atoms with Gasteiger partial charge in [0.2, 0.25) is 0 Å². The largest absolute Gasteiger partial charge is 0.481 e. The van der Waals surface area contributed by atoms with Crippen molar-refractivity contribution in [3.8, 4) is 0 Å². The fourth-order valence-corrected chi connectivity index (χ4v) is 1.32. The first-order chi connectivity index (χ1) is 5.77. The molecule has 1 aliphatic carbocycles. The number of hydrogen-bond acceptors (Lipinski definition) is 3. The van der Waals surface area contributed by atoms with Gasteiger partial charge >= 0.3 is 0 Å². The summed E-state index contributed by atoms with van der Waals surface area (Å²) in [5.74, 6) is -0.0732. The van der Waals surface area contributed by atoms with E-state index in [0.29, 0.717) is 12.0 Å². The highest BCUT2D eigenvalue weighted by Crippen LogP contribution is 2.26. The Morgan fingerprint density at radius 2 is 2.33 bits per heavy atom. The van der Waals surface area contributed by atoms with Crippen LogP contribution in [-0.2, 0) is 9.53 Å². The van der Waals surface area contributed by atoms with E-state index in [9.17, 15) is 4.79 Å². The van der Waals surface area contributed by atoms with E-state index in [-0.39, 0.29) is 11.7 Å². The highest BCUT2D eigenvalue weighted by molar-refractivity contribution is 6.01. The van der Waals surface area contributed by atoms with Crippen LogP contribution in [0.25, 0.3) is 0 Å². The number of aliphatic hydroxyl groups is 1. The molecule has 0 bridgehead atoms. The van der Waals surface area contributed by atoms with Crippen molar-refractivity contribution >= 4 is 5.78 Å². The van der Waals surface area contributed by atoms with E-state index in [2.05, 4.69) is 0 Å². The second kappa shape index (κ2) is 2.52. The first-order valence-corrected chi connectivity index (χ1v) is 3.78. The minimum absolute atomic E-state index is 0.0799. The molecule has 0 unspecified atom stereocenters. The molecule has 0 aromatic heterocycles. The lowest BCUT2D eigenvalue weighted by atomic mass is 9.92. The Balaban J connectivity index is 2.40. The van der Waals surface area contributed by atoms with Crippen molar-refractivity contribution in [2.24, 2.45) is 0 Å². The van der Waals surface area contributed by atoms with E-state index in [4.69, 9.17) is 9.84 Å². The van der Waals surface area contributed by atoms with Crippen LogP contribution in [0.5, 0.6) is 0 Å². The van der Waals surface area contributed by atoms with Crippen molar-refractivity contribution in [1.29, 1.82) is 0 Å². The summed E-state index contributed by atoms with van der Waals surface area (Å²) in [6.45, 7) is 0. The van der Waals surface area contributed by atoms with Crippen molar-refractivity contribution in [2.75, 3.05) is 0 Å². The number of carbonyl (C=O) groups excluding carboxylic acids is 1. The molecule has 3 nitrogen and oxygen atoms in total. The normalized spacial score (nSPS) is 21.7. The zero-order valence-corrected chi connectivity index (χ0v) is 6.41. The molecule has 0 radical (unpaired) electrons. The van der Waals surface area contributed by atoms with Gasteiger partial charge in [0, 0.05) is 12.5 Å². The molecule has 0 spiro atoms. The molecule has 1 N–H and O–H groups in total. The van der Waals surface area contributed by atoms with E-state index < -0.39 is 0 Å². The molecule has 0 fully saturated rings. The lowest BCUT2D eigenvalue weighted by Gasteiger charge is -2.16. The number of fused-ring (bicyclic) bond motifs is 1. The Morgan fingerprint density at radius 3 is 3.17 bits per heavy atom. The molecule has 1 heterocycles. The van der Waals surface area contributed by atoms with Gasteiger partial charge in [0.25, 0.3) is 5.95 Å². The molecule has 1 aliphatic heterocycles. The minimum atomic E-state index is -0.153. The fourth-order valence-electron chi connectivity index (χ4n) is 1.32. The SMILES string of the molecule is O=C1CCC=C2C=C(O)OC=C12. The average Bonchev–Trinajstić information content (AvgIpc) is 2.04. The van der Waals surface area contributed by atoms with E-state index >= 15 is 0 Å². The second-order valence-corrected chi connectivity index (χ2v) is 2.75. The van der Waals surface area contributed by atoms with E-state index in [0.717, 1.165) is 12.0 Å². The van der Waals surface area contributed by atoms with E-state index in [1.165, 1.54) is 12.3 Å². The van der Waals surface area contributed by atoms with E-state index in [1.54, 1.807) is 0 Å². The molecular weight excluding hydrogens is 156 g/mol. The zero-order chi connectivity index (χ0) is 8.55. The average molecular weight is 164 g/mol. The number of rotatable bonds is 0. The summed E-state index contributed by atoms with van der Waals surface area (Å²) in [6, 6.07) is 0. The molecule has 3 heteroatoms. The monoisotopic (exact) mass is 164 g/mol. The lowest BCUT2D eigenvalue weighted by Crippen LogP contribution is -2.12. The van der Waals surface area contributed by atoms with Crippen molar-refractivity contribution < 1.29 is 14.6 Å². The van der Waals surface area contributed by atoms with Gasteiger partial charge in [0.1, 0.15) is 6.26 Å². The van der Waals surface area contributed by atoms with Gasteiger partial charge in [-0.3, -0.25) is 4.79 Å². The summed E-state index contributed by atoms with van der Waals surface area (Å²) in [4.78, 5) is 11.2.